The van der Waals surface area contributed by atoms with Crippen molar-refractivity contribution in [3.05, 3.63) is 46.6 Å². The normalized spacial score (nSPS) is 14.9. The topological polar surface area (TPSA) is 71.5 Å². The monoisotopic (exact) mass is 296 g/mol. The number of hydrogen-bond acceptors (Lipinski definition) is 4. The average molecular weight is 296 g/mol. The molecule has 1 aromatic carbocycles. The highest BCUT2D eigenvalue weighted by molar-refractivity contribution is 6.35. The van der Waals surface area contributed by atoms with E-state index in [1.165, 1.54) is 0 Å². The minimum absolute atomic E-state index is 0.121. The number of fused-ring (bicyclic) bond motifs is 1. The molecule has 0 saturated carbocycles. The molecule has 0 saturated heterocycles. The lowest BCUT2D eigenvalue weighted by Crippen LogP contribution is -2.04. The number of benzene rings is 1. The Bertz CT molecular complexity index is 793. The minimum atomic E-state index is -0.216. The van der Waals surface area contributed by atoms with Crippen molar-refractivity contribution in [1.82, 2.24) is 4.98 Å². The predicted molar refractivity (Wildman–Crippen MR) is 84.9 cm³/mol. The Kier molecular flexibility index (Phi) is 3.33. The third-order valence-electron chi connectivity index (χ3n) is 3.76. The van der Waals surface area contributed by atoms with Gasteiger partial charge in [-0.2, -0.15) is 0 Å². The largest absolute Gasteiger partial charge is 0.506 e. The molecule has 2 aromatic rings. The molecule has 5 nitrogen and oxygen atoms in total. The van der Waals surface area contributed by atoms with Crippen molar-refractivity contribution >= 4 is 23.4 Å². The molecule has 0 spiro atoms. The first-order valence-corrected chi connectivity index (χ1v) is 6.89. The van der Waals surface area contributed by atoms with Gasteiger partial charge in [-0.1, -0.05) is 12.1 Å². The van der Waals surface area contributed by atoms with Gasteiger partial charge in [-0.25, -0.2) is 4.98 Å². The molecule has 2 N–H and O–H groups in total. The van der Waals surface area contributed by atoms with Crippen molar-refractivity contribution in [2.45, 2.75) is 13.8 Å². The molecular weight excluding hydrogens is 280 g/mol. The van der Waals surface area contributed by atoms with Crippen LogP contribution in [0.2, 0.25) is 0 Å². The number of hydrogen-bond donors (Lipinski definition) is 2. The maximum Gasteiger partial charge on any atom is 0.257 e. The van der Waals surface area contributed by atoms with Crippen LogP contribution in [0.1, 0.15) is 22.4 Å². The van der Waals surface area contributed by atoms with Gasteiger partial charge in [0.1, 0.15) is 17.3 Å². The molecule has 3 rings (SSSR count). The smallest absolute Gasteiger partial charge is 0.257 e. The summed E-state index contributed by atoms with van der Waals surface area (Å²) in [5.41, 5.74) is 3.19. The molecule has 1 amide bonds. The average Bonchev–Trinajstić information content (AvgIpc) is 2.81. The van der Waals surface area contributed by atoms with E-state index < -0.39 is 0 Å². The molecule has 1 aliphatic heterocycles. The van der Waals surface area contributed by atoms with Crippen molar-refractivity contribution in [1.29, 1.82) is 0 Å². The van der Waals surface area contributed by atoms with Gasteiger partial charge in [0.25, 0.3) is 5.91 Å². The van der Waals surface area contributed by atoms with Gasteiger partial charge in [-0.3, -0.25) is 4.79 Å². The van der Waals surface area contributed by atoms with Crippen LogP contribution in [-0.4, -0.2) is 23.1 Å². The van der Waals surface area contributed by atoms with Gasteiger partial charge in [0.05, 0.1) is 18.4 Å². The van der Waals surface area contributed by atoms with Gasteiger partial charge in [0.2, 0.25) is 0 Å². The van der Waals surface area contributed by atoms with Crippen LogP contribution in [0, 0.1) is 13.8 Å². The van der Waals surface area contributed by atoms with Gasteiger partial charge < -0.3 is 15.2 Å². The highest BCUT2D eigenvalue weighted by Gasteiger charge is 2.29. The van der Waals surface area contributed by atoms with Crippen molar-refractivity contribution in [3.63, 3.8) is 0 Å². The molecule has 0 fully saturated rings. The lowest BCUT2D eigenvalue weighted by Gasteiger charge is -2.08. The number of nitrogens with one attached hydrogen (secondary N) is 1. The SMILES string of the molecule is COc1ccc(/C=C2\C(=O)Nc3nc(C)c(O)c(C)c32)cc1. The fourth-order valence-corrected chi connectivity index (χ4v) is 2.56. The molecule has 0 aliphatic carbocycles. The standard InChI is InChI=1S/C17H16N2O3/c1-9-14-13(8-11-4-6-12(22-3)7-5-11)17(21)19-16(14)18-10(2)15(9)20/h4-8,20H,1-3H3,(H,18,19,21)/b13-8-. The quantitative estimate of drug-likeness (QED) is 0.836. The van der Waals surface area contributed by atoms with Crippen molar-refractivity contribution < 1.29 is 14.6 Å². The molecule has 1 aromatic heterocycles. The third kappa shape index (κ3) is 2.20. The van der Waals surface area contributed by atoms with Crippen LogP contribution in [-0.2, 0) is 4.79 Å². The van der Waals surface area contributed by atoms with Crippen LogP contribution in [0.15, 0.2) is 24.3 Å². The summed E-state index contributed by atoms with van der Waals surface area (Å²) in [5, 5.41) is 12.8. The van der Waals surface area contributed by atoms with Gasteiger partial charge in [-0.15, -0.1) is 0 Å². The number of rotatable bonds is 2. The molecule has 1 aliphatic rings. The summed E-state index contributed by atoms with van der Waals surface area (Å²) >= 11 is 0. The van der Waals surface area contributed by atoms with E-state index in [9.17, 15) is 9.90 Å². The number of pyridine rings is 1. The first kappa shape index (κ1) is 14.1. The second-order valence-corrected chi connectivity index (χ2v) is 5.18. The zero-order valence-electron chi connectivity index (χ0n) is 12.6. The minimum Gasteiger partial charge on any atom is -0.506 e. The van der Waals surface area contributed by atoms with Gasteiger partial charge in [0, 0.05) is 11.1 Å². The number of anilines is 1. The van der Waals surface area contributed by atoms with Crippen LogP contribution in [0.4, 0.5) is 5.82 Å². The van der Waals surface area contributed by atoms with Crippen molar-refractivity contribution in [2.75, 3.05) is 12.4 Å². The van der Waals surface area contributed by atoms with E-state index in [0.29, 0.717) is 28.2 Å². The maximum absolute atomic E-state index is 12.2. The Balaban J connectivity index is 2.11. The van der Waals surface area contributed by atoms with Gasteiger partial charge in [0.15, 0.2) is 0 Å². The molecule has 0 bridgehead atoms. The number of ether oxygens (including phenoxy) is 1. The Labute approximate surface area is 128 Å². The summed E-state index contributed by atoms with van der Waals surface area (Å²) in [6, 6.07) is 7.40. The van der Waals surface area contributed by atoms with Crippen molar-refractivity contribution in [3.8, 4) is 11.5 Å². The lowest BCUT2D eigenvalue weighted by molar-refractivity contribution is -0.110. The first-order valence-electron chi connectivity index (χ1n) is 6.89. The van der Waals surface area contributed by atoms with Gasteiger partial charge in [-0.05, 0) is 37.6 Å². The number of aromatic nitrogens is 1. The van der Waals surface area contributed by atoms with Gasteiger partial charge >= 0.3 is 0 Å². The number of methoxy groups -OCH3 is 1. The highest BCUT2D eigenvalue weighted by atomic mass is 16.5. The second kappa shape index (κ2) is 5.18. The second-order valence-electron chi connectivity index (χ2n) is 5.18. The summed E-state index contributed by atoms with van der Waals surface area (Å²) in [6.45, 7) is 3.49. The first-order chi connectivity index (χ1) is 10.5. The summed E-state index contributed by atoms with van der Waals surface area (Å²) in [7, 11) is 1.61. The fraction of sp³-hybridized carbons (Fsp3) is 0.176. The van der Waals surface area contributed by atoms with E-state index in [1.807, 2.05) is 24.3 Å². The molecule has 5 heteroatoms. The Morgan fingerprint density at radius 1 is 1.23 bits per heavy atom. The molecule has 2 heterocycles. The molecular formula is C17H16N2O3. The number of aromatic hydroxyl groups is 1. The number of nitrogens with zero attached hydrogens (tertiary/aromatic N) is 1. The Hall–Kier alpha value is -2.82. The maximum atomic E-state index is 12.2. The predicted octanol–water partition coefficient (Wildman–Crippen LogP) is 2.91. The number of carbonyl (C=O) groups excluding carboxylic acids is 1. The zero-order valence-corrected chi connectivity index (χ0v) is 12.6. The van der Waals surface area contributed by atoms with Crippen LogP contribution < -0.4 is 10.1 Å². The van der Waals surface area contributed by atoms with E-state index >= 15 is 0 Å². The fourth-order valence-electron chi connectivity index (χ4n) is 2.56. The lowest BCUT2D eigenvalue weighted by atomic mass is 10.00. The van der Waals surface area contributed by atoms with E-state index in [1.54, 1.807) is 27.0 Å². The molecule has 0 radical (unpaired) electrons. The van der Waals surface area contributed by atoms with Crippen LogP contribution in [0.5, 0.6) is 11.5 Å². The number of aryl methyl sites for hydroxylation is 1. The number of amides is 1. The van der Waals surface area contributed by atoms with Crippen LogP contribution >= 0.6 is 0 Å². The summed E-state index contributed by atoms with van der Waals surface area (Å²) in [5.74, 6) is 1.16. The van der Waals surface area contributed by atoms with E-state index in [4.69, 9.17) is 4.74 Å². The molecule has 0 atom stereocenters. The zero-order chi connectivity index (χ0) is 15.9. The molecule has 0 unspecified atom stereocenters. The van der Waals surface area contributed by atoms with Crippen molar-refractivity contribution in [2.24, 2.45) is 0 Å². The van der Waals surface area contributed by atoms with E-state index in [-0.39, 0.29) is 11.7 Å². The van der Waals surface area contributed by atoms with Crippen LogP contribution in [0.25, 0.3) is 11.6 Å². The van der Waals surface area contributed by atoms with Crippen LogP contribution in [0.3, 0.4) is 0 Å². The summed E-state index contributed by atoms with van der Waals surface area (Å²) in [6.07, 6.45) is 1.78. The molecule has 112 valence electrons. The third-order valence-corrected chi connectivity index (χ3v) is 3.76. The summed E-state index contributed by atoms with van der Waals surface area (Å²) < 4.78 is 5.12. The van der Waals surface area contributed by atoms with E-state index in [0.717, 1.165) is 11.3 Å². The van der Waals surface area contributed by atoms with E-state index in [2.05, 4.69) is 10.3 Å². The summed E-state index contributed by atoms with van der Waals surface area (Å²) in [4.78, 5) is 16.4. The Morgan fingerprint density at radius 2 is 1.91 bits per heavy atom. The molecule has 22 heavy (non-hydrogen) atoms. The number of carbonyl (C=O) groups is 1. The highest BCUT2D eigenvalue weighted by Crippen LogP contribution is 2.38. The Morgan fingerprint density at radius 3 is 2.55 bits per heavy atom.